The topological polar surface area (TPSA) is 83.9 Å². The lowest BCUT2D eigenvalue weighted by atomic mass is 10.2. The first kappa shape index (κ1) is 17.5. The molecule has 0 spiro atoms. The standard InChI is InChI=1S/C17H15ClN4O2S/c1-11-5-2-3-8-14(11)24-16-10-15(18)19-17(20-16)22-25-13-7-4-6-12(9-13)21-23/h2-10,21,23H,1H3,(H,19,20,22)/p+1. The van der Waals surface area contributed by atoms with Gasteiger partial charge in [-0.2, -0.15) is 10.5 Å². The van der Waals surface area contributed by atoms with Gasteiger partial charge in [0.15, 0.2) is 5.69 Å². The van der Waals surface area contributed by atoms with Crippen LogP contribution in [0.2, 0.25) is 5.15 Å². The molecule has 0 bridgehead atoms. The second-order valence-corrected chi connectivity index (χ2v) is 6.39. The zero-order chi connectivity index (χ0) is 17.6. The van der Waals surface area contributed by atoms with Gasteiger partial charge in [-0.25, -0.2) is 10.2 Å². The minimum absolute atomic E-state index is 0.277. The minimum Gasteiger partial charge on any atom is -0.439 e. The highest BCUT2D eigenvalue weighted by atomic mass is 35.5. The number of aromatic nitrogens is 2. The van der Waals surface area contributed by atoms with E-state index in [-0.39, 0.29) is 5.15 Å². The molecule has 0 saturated carbocycles. The van der Waals surface area contributed by atoms with Gasteiger partial charge in [-0.3, -0.25) is 4.72 Å². The molecular weight excluding hydrogens is 360 g/mol. The summed E-state index contributed by atoms with van der Waals surface area (Å²) < 4.78 is 8.82. The van der Waals surface area contributed by atoms with Crippen LogP contribution in [0, 0.1) is 6.92 Å². The van der Waals surface area contributed by atoms with Crippen molar-refractivity contribution in [1.29, 1.82) is 0 Å². The van der Waals surface area contributed by atoms with Gasteiger partial charge in [0.2, 0.25) is 11.8 Å². The number of anilines is 1. The summed E-state index contributed by atoms with van der Waals surface area (Å²) in [6.07, 6.45) is 0. The summed E-state index contributed by atoms with van der Waals surface area (Å²) >= 11 is 7.38. The number of nitrogens with zero attached hydrogens (tertiary/aromatic N) is 2. The SMILES string of the molecule is Cc1ccccc1Oc1cc(Cl)nc(NSc2cccc([NH2+]O)c2)n1. The van der Waals surface area contributed by atoms with Crippen molar-refractivity contribution in [3.63, 3.8) is 0 Å². The van der Waals surface area contributed by atoms with E-state index in [0.29, 0.717) is 23.3 Å². The van der Waals surface area contributed by atoms with Crippen LogP contribution in [0.5, 0.6) is 11.6 Å². The smallest absolute Gasteiger partial charge is 0.237 e. The second kappa shape index (κ2) is 8.17. The van der Waals surface area contributed by atoms with Gasteiger partial charge in [0.1, 0.15) is 10.9 Å². The second-order valence-electron chi connectivity index (χ2n) is 5.13. The average Bonchev–Trinajstić information content (AvgIpc) is 2.62. The monoisotopic (exact) mass is 375 g/mol. The van der Waals surface area contributed by atoms with Crippen molar-refractivity contribution in [2.75, 3.05) is 4.72 Å². The van der Waals surface area contributed by atoms with Crippen molar-refractivity contribution in [3.05, 3.63) is 65.3 Å². The molecule has 0 radical (unpaired) electrons. The van der Waals surface area contributed by atoms with E-state index in [0.717, 1.165) is 15.9 Å². The zero-order valence-corrected chi connectivity index (χ0v) is 14.9. The number of aryl methyl sites for hydroxylation is 1. The zero-order valence-electron chi connectivity index (χ0n) is 13.3. The van der Waals surface area contributed by atoms with Crippen molar-refractivity contribution in [2.45, 2.75) is 11.8 Å². The van der Waals surface area contributed by atoms with E-state index < -0.39 is 0 Å². The van der Waals surface area contributed by atoms with Gasteiger partial charge in [-0.05, 0) is 36.6 Å². The van der Waals surface area contributed by atoms with Gasteiger partial charge in [-0.15, -0.1) is 0 Å². The molecule has 6 nitrogen and oxygen atoms in total. The van der Waals surface area contributed by atoms with Crippen LogP contribution in [0.3, 0.4) is 0 Å². The van der Waals surface area contributed by atoms with Gasteiger partial charge >= 0.3 is 0 Å². The Hall–Kier alpha value is -2.32. The first-order valence-corrected chi connectivity index (χ1v) is 8.62. The lowest BCUT2D eigenvalue weighted by Gasteiger charge is -2.09. The van der Waals surface area contributed by atoms with Gasteiger partial charge in [0, 0.05) is 23.1 Å². The first-order valence-electron chi connectivity index (χ1n) is 7.42. The Balaban J connectivity index is 1.74. The molecule has 0 saturated heterocycles. The fourth-order valence-electron chi connectivity index (χ4n) is 2.04. The molecule has 25 heavy (non-hydrogen) atoms. The Labute approximate surface area is 154 Å². The van der Waals surface area contributed by atoms with Crippen molar-refractivity contribution >= 4 is 35.2 Å². The Bertz CT molecular complexity index is 879. The number of hydrogen-bond donors (Lipinski definition) is 3. The molecule has 0 unspecified atom stereocenters. The number of halogens is 1. The maximum atomic E-state index is 9.07. The molecule has 1 heterocycles. The summed E-state index contributed by atoms with van der Waals surface area (Å²) in [7, 11) is 0. The number of nitrogens with one attached hydrogen (secondary N) is 1. The maximum absolute atomic E-state index is 9.07. The molecule has 0 atom stereocenters. The van der Waals surface area contributed by atoms with E-state index in [2.05, 4.69) is 14.7 Å². The molecule has 2 aromatic carbocycles. The highest BCUT2D eigenvalue weighted by Gasteiger charge is 2.08. The van der Waals surface area contributed by atoms with Crippen molar-refractivity contribution < 1.29 is 15.4 Å². The van der Waals surface area contributed by atoms with Crippen LogP contribution < -0.4 is 14.9 Å². The quantitative estimate of drug-likeness (QED) is 0.262. The van der Waals surface area contributed by atoms with Gasteiger partial charge in [-0.1, -0.05) is 35.9 Å². The largest absolute Gasteiger partial charge is 0.439 e. The predicted octanol–water partition coefficient (Wildman–Crippen LogP) is 3.93. The number of hydrogen-bond acceptors (Lipinski definition) is 6. The van der Waals surface area contributed by atoms with Crippen molar-refractivity contribution in [2.24, 2.45) is 0 Å². The van der Waals surface area contributed by atoms with E-state index in [1.165, 1.54) is 11.9 Å². The fourth-order valence-corrected chi connectivity index (χ4v) is 2.86. The van der Waals surface area contributed by atoms with E-state index in [9.17, 15) is 0 Å². The summed E-state index contributed by atoms with van der Waals surface area (Å²) in [5.41, 5.74) is 2.76. The van der Waals surface area contributed by atoms with Crippen LogP contribution in [0.25, 0.3) is 0 Å². The Morgan fingerprint density at radius 1 is 1.12 bits per heavy atom. The number of quaternary nitrogens is 1. The van der Waals surface area contributed by atoms with Crippen LogP contribution in [0.1, 0.15) is 5.56 Å². The third-order valence-corrected chi connectivity index (χ3v) is 4.21. The van der Waals surface area contributed by atoms with Crippen LogP contribution in [0.4, 0.5) is 11.6 Å². The fraction of sp³-hybridized carbons (Fsp3) is 0.0588. The van der Waals surface area contributed by atoms with Gasteiger partial charge < -0.3 is 4.74 Å². The number of benzene rings is 2. The number of rotatable bonds is 6. The lowest BCUT2D eigenvalue weighted by molar-refractivity contribution is -0.825. The summed E-state index contributed by atoms with van der Waals surface area (Å²) in [5, 5.41) is 9.35. The van der Waals surface area contributed by atoms with Gasteiger partial charge in [0.25, 0.3) is 0 Å². The Morgan fingerprint density at radius 2 is 1.96 bits per heavy atom. The summed E-state index contributed by atoms with van der Waals surface area (Å²) in [5.74, 6) is 1.40. The summed E-state index contributed by atoms with van der Waals surface area (Å²) in [6, 6.07) is 16.6. The van der Waals surface area contributed by atoms with E-state index >= 15 is 0 Å². The van der Waals surface area contributed by atoms with Crippen LogP contribution in [-0.4, -0.2) is 15.2 Å². The van der Waals surface area contributed by atoms with Crippen LogP contribution in [0.15, 0.2) is 59.5 Å². The molecule has 0 amide bonds. The first-order chi connectivity index (χ1) is 12.1. The van der Waals surface area contributed by atoms with Crippen molar-refractivity contribution in [1.82, 2.24) is 9.97 Å². The molecule has 0 fully saturated rings. The Morgan fingerprint density at radius 3 is 2.76 bits per heavy atom. The minimum atomic E-state index is 0.277. The molecular formula is C17H16ClN4O2S+. The predicted molar refractivity (Wildman–Crippen MR) is 97.6 cm³/mol. The molecule has 8 heteroatoms. The highest BCUT2D eigenvalue weighted by molar-refractivity contribution is 8.00. The number of nitrogens with two attached hydrogens (primary N) is 1. The average molecular weight is 376 g/mol. The molecule has 3 aromatic rings. The number of ether oxygens (including phenoxy) is 1. The number of para-hydroxylation sites is 1. The third kappa shape index (κ3) is 4.83. The molecule has 128 valence electrons. The maximum Gasteiger partial charge on any atom is 0.237 e. The summed E-state index contributed by atoms with van der Waals surface area (Å²) in [4.78, 5) is 9.36. The molecule has 1 aromatic heterocycles. The molecule has 4 N–H and O–H groups in total. The summed E-state index contributed by atoms with van der Waals surface area (Å²) in [6.45, 7) is 1.96. The lowest BCUT2D eigenvalue weighted by Crippen LogP contribution is -2.73. The molecule has 0 aliphatic carbocycles. The molecule has 3 rings (SSSR count). The van der Waals surface area contributed by atoms with Crippen molar-refractivity contribution in [3.8, 4) is 11.6 Å². The Kier molecular flexibility index (Phi) is 5.72. The third-order valence-electron chi connectivity index (χ3n) is 3.25. The van der Waals surface area contributed by atoms with Crippen LogP contribution in [-0.2, 0) is 0 Å². The molecule has 0 aliphatic rings. The van der Waals surface area contributed by atoms with Gasteiger partial charge in [0.05, 0.1) is 0 Å². The van der Waals surface area contributed by atoms with Crippen LogP contribution >= 0.6 is 23.5 Å². The van der Waals surface area contributed by atoms with E-state index in [1.807, 2.05) is 49.4 Å². The normalized spacial score (nSPS) is 10.5. The van der Waals surface area contributed by atoms with E-state index in [4.69, 9.17) is 21.5 Å². The molecule has 0 aliphatic heterocycles. The van der Waals surface area contributed by atoms with E-state index in [1.54, 1.807) is 12.1 Å². The highest BCUT2D eigenvalue weighted by Crippen LogP contribution is 2.27.